The topological polar surface area (TPSA) is 108 Å². The molecule has 0 bridgehead atoms. The van der Waals surface area contributed by atoms with Gasteiger partial charge in [-0.2, -0.15) is 0 Å². The molecule has 0 radical (unpaired) electrons. The number of ether oxygens (including phenoxy) is 2. The zero-order valence-corrected chi connectivity index (χ0v) is 64.0. The minimum atomic E-state index is -4.41. The van der Waals surface area contributed by atoms with Crippen LogP contribution in [0.3, 0.4) is 0 Å². The Kier molecular flexibility index (Phi) is 72.3. The first-order valence-electron chi connectivity index (χ1n) is 39.9. The van der Waals surface area contributed by atoms with E-state index in [0.717, 1.165) is 109 Å². The summed E-state index contributed by atoms with van der Waals surface area (Å²) in [5, 5.41) is 0. The van der Waals surface area contributed by atoms with Crippen molar-refractivity contribution >= 4 is 19.8 Å². The molecular weight excluding hydrogens is 1210 g/mol. The molecule has 0 rings (SSSR count). The van der Waals surface area contributed by atoms with Gasteiger partial charge in [-0.05, 0) is 116 Å². The van der Waals surface area contributed by atoms with Crippen molar-refractivity contribution in [3.05, 3.63) is 134 Å². The molecule has 0 saturated heterocycles. The molecule has 0 aromatic carbocycles. The van der Waals surface area contributed by atoms with Gasteiger partial charge in [0.25, 0.3) is 0 Å². The van der Waals surface area contributed by atoms with Gasteiger partial charge in [-0.25, -0.2) is 4.57 Å². The average molecular weight is 1360 g/mol. The number of esters is 2. The summed E-state index contributed by atoms with van der Waals surface area (Å²) < 4.78 is 34.8. The van der Waals surface area contributed by atoms with Crippen LogP contribution in [0.1, 0.15) is 348 Å². The second-order valence-corrected chi connectivity index (χ2v) is 29.2. The van der Waals surface area contributed by atoms with E-state index < -0.39 is 26.5 Å². The maximum absolute atomic E-state index is 12.9. The van der Waals surface area contributed by atoms with Crippen molar-refractivity contribution < 1.29 is 42.1 Å². The lowest BCUT2D eigenvalue weighted by Gasteiger charge is -2.24. The summed E-state index contributed by atoms with van der Waals surface area (Å²) in [5.74, 6) is -0.801. The van der Waals surface area contributed by atoms with Crippen LogP contribution in [0.25, 0.3) is 0 Å². The third-order valence-electron chi connectivity index (χ3n) is 17.2. The molecular formula is C86H151NO8P+. The van der Waals surface area contributed by atoms with Gasteiger partial charge >= 0.3 is 19.8 Å². The van der Waals surface area contributed by atoms with Gasteiger partial charge in [0, 0.05) is 12.8 Å². The van der Waals surface area contributed by atoms with Crippen molar-refractivity contribution in [2.75, 3.05) is 47.5 Å². The number of phosphoric acid groups is 1. The number of quaternary nitrogens is 1. The van der Waals surface area contributed by atoms with Gasteiger partial charge < -0.3 is 18.9 Å². The maximum Gasteiger partial charge on any atom is 0.472 e. The number of hydrogen-bond donors (Lipinski definition) is 1. The van der Waals surface area contributed by atoms with E-state index in [2.05, 4.69) is 148 Å². The normalized spacial score (nSPS) is 13.8. The zero-order chi connectivity index (χ0) is 69.7. The number of likely N-dealkylation sites (N-methyl/N-ethyl adjacent to an activating group) is 1. The van der Waals surface area contributed by atoms with Gasteiger partial charge in [0.05, 0.1) is 27.7 Å². The molecule has 0 aliphatic heterocycles. The molecule has 2 atom stereocenters. The molecule has 1 N–H and O–H groups in total. The van der Waals surface area contributed by atoms with Gasteiger partial charge in [-0.15, -0.1) is 0 Å². The van der Waals surface area contributed by atoms with Gasteiger partial charge in [-0.1, -0.05) is 353 Å². The molecule has 0 spiro atoms. The Balaban J connectivity index is 4.04. The van der Waals surface area contributed by atoms with Crippen molar-refractivity contribution in [3.63, 3.8) is 0 Å². The van der Waals surface area contributed by atoms with Crippen LogP contribution in [0.2, 0.25) is 0 Å². The van der Waals surface area contributed by atoms with E-state index in [1.165, 1.54) is 205 Å². The summed E-state index contributed by atoms with van der Waals surface area (Å²) in [6, 6.07) is 0. The van der Waals surface area contributed by atoms with Crippen LogP contribution in [-0.4, -0.2) is 74.9 Å². The smallest absolute Gasteiger partial charge is 0.462 e. The lowest BCUT2D eigenvalue weighted by atomic mass is 10.0. The van der Waals surface area contributed by atoms with Crippen molar-refractivity contribution in [1.82, 2.24) is 0 Å². The largest absolute Gasteiger partial charge is 0.472 e. The van der Waals surface area contributed by atoms with Crippen LogP contribution in [0.5, 0.6) is 0 Å². The number of rotatable bonds is 73. The summed E-state index contributed by atoms with van der Waals surface area (Å²) in [6.45, 7) is 4.34. The van der Waals surface area contributed by atoms with Crippen LogP contribution in [-0.2, 0) is 32.7 Å². The van der Waals surface area contributed by atoms with E-state index in [-0.39, 0.29) is 32.0 Å². The van der Waals surface area contributed by atoms with Crippen LogP contribution >= 0.6 is 7.82 Å². The number of phosphoric ester groups is 1. The Labute approximate surface area is 593 Å². The first-order chi connectivity index (χ1) is 47.0. The maximum atomic E-state index is 12.9. The first-order valence-corrected chi connectivity index (χ1v) is 41.4. The van der Waals surface area contributed by atoms with Crippen molar-refractivity contribution in [2.24, 2.45) is 0 Å². The minimum absolute atomic E-state index is 0.0255. The number of unbranched alkanes of at least 4 members (excludes halogenated alkanes) is 37. The fraction of sp³-hybridized carbons (Fsp3) is 0.721. The molecule has 0 saturated carbocycles. The number of allylic oxidation sites excluding steroid dienone is 22. The Hall–Kier alpha value is -3.85. The van der Waals surface area contributed by atoms with E-state index in [4.69, 9.17) is 18.5 Å². The van der Waals surface area contributed by atoms with Crippen molar-refractivity contribution in [3.8, 4) is 0 Å². The van der Waals surface area contributed by atoms with E-state index >= 15 is 0 Å². The van der Waals surface area contributed by atoms with Crippen LogP contribution in [0, 0.1) is 0 Å². The molecule has 0 amide bonds. The SMILES string of the molecule is CC/C=C\C/C=C\C/C=C\C/C=C\C/C=C\C/C=C\C/C=C\C/C=C\C/C=C\C/C=C\CCCCCCCCCCC(=O)OC(COC(=O)CCCCCCCCCCCCCCCCCCCCCCC/C=C\CCCCCCCCCC)COP(=O)(O)OCC[N+](C)(C)C. The van der Waals surface area contributed by atoms with E-state index in [1.807, 2.05) is 21.1 Å². The summed E-state index contributed by atoms with van der Waals surface area (Å²) >= 11 is 0. The highest BCUT2D eigenvalue weighted by Gasteiger charge is 2.27. The lowest BCUT2D eigenvalue weighted by molar-refractivity contribution is -0.870. The van der Waals surface area contributed by atoms with Crippen LogP contribution in [0.4, 0.5) is 0 Å². The first kappa shape index (κ1) is 92.2. The summed E-state index contributed by atoms with van der Waals surface area (Å²) in [5.41, 5.74) is 0. The van der Waals surface area contributed by atoms with E-state index in [9.17, 15) is 19.0 Å². The molecule has 2 unspecified atom stereocenters. The molecule has 0 aromatic heterocycles. The molecule has 0 aromatic rings. The quantitative estimate of drug-likeness (QED) is 0.0211. The monoisotopic (exact) mass is 1360 g/mol. The van der Waals surface area contributed by atoms with Gasteiger partial charge in [0.2, 0.25) is 0 Å². The number of carbonyl (C=O) groups is 2. The molecule has 0 aliphatic carbocycles. The predicted molar refractivity (Wildman–Crippen MR) is 417 cm³/mol. The zero-order valence-electron chi connectivity index (χ0n) is 63.1. The fourth-order valence-corrected chi connectivity index (χ4v) is 11.8. The number of nitrogens with zero attached hydrogens (tertiary/aromatic N) is 1. The highest BCUT2D eigenvalue weighted by molar-refractivity contribution is 7.47. The molecule has 10 heteroatoms. The highest BCUT2D eigenvalue weighted by Crippen LogP contribution is 2.43. The van der Waals surface area contributed by atoms with Crippen molar-refractivity contribution in [2.45, 2.75) is 354 Å². The summed E-state index contributed by atoms with van der Waals surface area (Å²) in [6.07, 6.45) is 110. The molecule has 0 heterocycles. The second-order valence-electron chi connectivity index (χ2n) is 27.7. The Bertz CT molecular complexity index is 2090. The second kappa shape index (κ2) is 75.4. The highest BCUT2D eigenvalue weighted by atomic mass is 31.2. The number of hydrogen-bond acceptors (Lipinski definition) is 7. The third kappa shape index (κ3) is 79.1. The molecule has 0 fully saturated rings. The molecule has 552 valence electrons. The van der Waals surface area contributed by atoms with E-state index in [0.29, 0.717) is 17.4 Å². The summed E-state index contributed by atoms with van der Waals surface area (Å²) in [7, 11) is 1.47. The van der Waals surface area contributed by atoms with Gasteiger partial charge in [0.15, 0.2) is 6.10 Å². The molecule has 96 heavy (non-hydrogen) atoms. The summed E-state index contributed by atoms with van der Waals surface area (Å²) in [4.78, 5) is 36.0. The Morgan fingerprint density at radius 1 is 0.333 bits per heavy atom. The average Bonchev–Trinajstić information content (AvgIpc) is 1.98. The van der Waals surface area contributed by atoms with Crippen molar-refractivity contribution in [1.29, 1.82) is 0 Å². The number of carbonyl (C=O) groups excluding carboxylic acids is 2. The predicted octanol–water partition coefficient (Wildman–Crippen LogP) is 26.7. The molecule has 9 nitrogen and oxygen atoms in total. The van der Waals surface area contributed by atoms with Crippen LogP contribution < -0.4 is 0 Å². The van der Waals surface area contributed by atoms with Crippen LogP contribution in [0.15, 0.2) is 134 Å². The van der Waals surface area contributed by atoms with Gasteiger partial charge in [-0.3, -0.25) is 18.6 Å². The van der Waals surface area contributed by atoms with Gasteiger partial charge in [0.1, 0.15) is 19.8 Å². The standard InChI is InChI=1S/C86H150NO8P/c1-6-8-10-12-14-16-18-20-22-24-26-28-30-32-34-36-38-40-41-42-43-44-45-47-49-51-53-55-57-59-61-63-65-67-69-71-73-75-77-79-86(89)95-84(83-94-96(90,91)93-81-80-87(3,4)5)82-92-85(88)78-76-74-72-70-68-66-64-62-60-58-56-54-52-50-48-46-39-37-35-33-31-29-27-25-23-21-19-17-15-13-11-9-7-2/h8,10,14,16,20,22,25-28,32,34,38,40,42-43,45,47,51,53,57,59,84H,6-7,9,11-13,15,17-19,21,23-24,29-31,33,35-37,39,41,44,46,48-50,52,54-56,58,60-83H2,1-5H3/p+1/b10-8-,16-14-,22-20-,27-25-,28-26-,34-32-,40-38-,43-42-,47-45-,53-51-,59-57-. The lowest BCUT2D eigenvalue weighted by Crippen LogP contribution is -2.37. The third-order valence-corrected chi connectivity index (χ3v) is 18.1. The Morgan fingerprint density at radius 3 is 0.896 bits per heavy atom. The molecule has 0 aliphatic rings. The van der Waals surface area contributed by atoms with E-state index in [1.54, 1.807) is 0 Å². The Morgan fingerprint density at radius 2 is 0.594 bits per heavy atom. The minimum Gasteiger partial charge on any atom is -0.462 e. The fourth-order valence-electron chi connectivity index (χ4n) is 11.1.